The Morgan fingerprint density at radius 1 is 1.12 bits per heavy atom. The molecule has 32 heavy (non-hydrogen) atoms. The van der Waals surface area contributed by atoms with Crippen LogP contribution >= 0.6 is 11.6 Å². The van der Waals surface area contributed by atoms with Crippen LogP contribution in [0.5, 0.6) is 5.75 Å². The quantitative estimate of drug-likeness (QED) is 0.398. The Labute approximate surface area is 188 Å². The lowest BCUT2D eigenvalue weighted by molar-refractivity contribution is 0.0970. The number of nitrogens with zero attached hydrogens (tertiary/aromatic N) is 2. The number of anilines is 1. The first kappa shape index (κ1) is 20.0. The maximum absolute atomic E-state index is 13.5. The second-order valence-electron chi connectivity index (χ2n) is 7.25. The lowest BCUT2D eigenvalue weighted by atomic mass is 9.98. The minimum Gasteiger partial charge on any atom is -0.490 e. The molecule has 1 unspecified atom stereocenters. The molecule has 158 valence electrons. The minimum absolute atomic E-state index is 0.00691. The van der Waals surface area contributed by atoms with E-state index >= 15 is 0 Å². The molecule has 1 amide bonds. The summed E-state index contributed by atoms with van der Waals surface area (Å²) in [7, 11) is 0. The summed E-state index contributed by atoms with van der Waals surface area (Å²) in [4.78, 5) is 32.8. The normalized spacial score (nSPS) is 15.1. The van der Waals surface area contributed by atoms with E-state index in [9.17, 15) is 9.59 Å². The van der Waals surface area contributed by atoms with Gasteiger partial charge in [-0.3, -0.25) is 14.5 Å². The standard InChI is InChI=1S/C25H17ClN2O4/c1-2-13-31-17-9-6-15(7-10-17)22-21-23(29)18-14-16(26)8-11-19(18)32-24(21)25(30)28(22)20-5-3-4-12-27-20/h2-12,14,22H,1,13H2. The highest BCUT2D eigenvalue weighted by Crippen LogP contribution is 2.41. The van der Waals surface area contributed by atoms with E-state index in [0.717, 1.165) is 5.56 Å². The number of carbonyl (C=O) groups excluding carboxylic acids is 1. The van der Waals surface area contributed by atoms with Crippen molar-refractivity contribution >= 4 is 34.3 Å². The molecule has 2 aromatic carbocycles. The van der Waals surface area contributed by atoms with Gasteiger partial charge in [0.05, 0.1) is 17.0 Å². The van der Waals surface area contributed by atoms with E-state index in [1.807, 2.05) is 12.1 Å². The van der Waals surface area contributed by atoms with Crippen LogP contribution in [-0.2, 0) is 0 Å². The molecular formula is C25H17ClN2O4. The SMILES string of the molecule is C=CCOc1ccc(C2c3c(oc4ccc(Cl)cc4c3=O)C(=O)N2c2ccccn2)cc1. The van der Waals surface area contributed by atoms with Gasteiger partial charge in [0.1, 0.15) is 23.8 Å². The summed E-state index contributed by atoms with van der Waals surface area (Å²) in [5.74, 6) is 0.652. The Morgan fingerprint density at radius 3 is 2.66 bits per heavy atom. The number of hydrogen-bond acceptors (Lipinski definition) is 5. The number of carbonyl (C=O) groups is 1. The van der Waals surface area contributed by atoms with Crippen molar-refractivity contribution in [2.24, 2.45) is 0 Å². The number of hydrogen-bond donors (Lipinski definition) is 0. The third kappa shape index (κ3) is 3.25. The molecule has 2 aromatic heterocycles. The Hall–Kier alpha value is -3.90. The van der Waals surface area contributed by atoms with Crippen molar-refractivity contribution < 1.29 is 13.9 Å². The lowest BCUT2D eigenvalue weighted by Gasteiger charge is -2.24. The highest BCUT2D eigenvalue weighted by Gasteiger charge is 2.44. The lowest BCUT2D eigenvalue weighted by Crippen LogP contribution is -2.30. The van der Waals surface area contributed by atoms with Crippen LogP contribution in [0.15, 0.2) is 88.7 Å². The number of pyridine rings is 1. The molecule has 0 saturated heterocycles. The second kappa shape index (κ2) is 7.98. The van der Waals surface area contributed by atoms with E-state index in [1.54, 1.807) is 60.8 Å². The van der Waals surface area contributed by atoms with Gasteiger partial charge in [-0.15, -0.1) is 0 Å². The molecule has 1 atom stereocenters. The molecule has 1 aliphatic rings. The molecule has 0 radical (unpaired) electrons. The Bertz CT molecular complexity index is 1400. The summed E-state index contributed by atoms with van der Waals surface area (Å²) in [5, 5.41) is 0.735. The smallest absolute Gasteiger partial charge is 0.296 e. The van der Waals surface area contributed by atoms with Gasteiger partial charge >= 0.3 is 0 Å². The fourth-order valence-electron chi connectivity index (χ4n) is 3.89. The van der Waals surface area contributed by atoms with Crippen molar-refractivity contribution in [1.29, 1.82) is 0 Å². The summed E-state index contributed by atoms with van der Waals surface area (Å²) in [6.07, 6.45) is 3.25. The van der Waals surface area contributed by atoms with Gasteiger partial charge in [-0.2, -0.15) is 0 Å². The van der Waals surface area contributed by atoms with Crippen LogP contribution in [0.4, 0.5) is 5.82 Å². The van der Waals surface area contributed by atoms with Gasteiger partial charge < -0.3 is 9.15 Å². The molecule has 5 rings (SSSR count). The highest BCUT2D eigenvalue weighted by atomic mass is 35.5. The van der Waals surface area contributed by atoms with E-state index in [-0.39, 0.29) is 16.8 Å². The van der Waals surface area contributed by atoms with Crippen molar-refractivity contribution in [3.8, 4) is 5.75 Å². The third-order valence-corrected chi connectivity index (χ3v) is 5.53. The molecule has 1 aliphatic heterocycles. The first-order chi connectivity index (χ1) is 15.6. The number of fused-ring (bicyclic) bond motifs is 2. The molecule has 0 spiro atoms. The molecule has 0 N–H and O–H groups in total. The number of amides is 1. The average Bonchev–Trinajstić information content (AvgIpc) is 3.11. The fourth-order valence-corrected chi connectivity index (χ4v) is 4.07. The summed E-state index contributed by atoms with van der Waals surface area (Å²) < 4.78 is 11.5. The number of halogens is 1. The van der Waals surface area contributed by atoms with Gasteiger partial charge in [0, 0.05) is 11.2 Å². The van der Waals surface area contributed by atoms with Crippen LogP contribution in [0.25, 0.3) is 11.0 Å². The number of benzene rings is 2. The molecule has 7 heteroatoms. The van der Waals surface area contributed by atoms with Crippen molar-refractivity contribution in [3.63, 3.8) is 0 Å². The van der Waals surface area contributed by atoms with E-state index < -0.39 is 11.9 Å². The Morgan fingerprint density at radius 2 is 1.94 bits per heavy atom. The molecule has 0 bridgehead atoms. The van der Waals surface area contributed by atoms with Gasteiger partial charge in [-0.1, -0.05) is 42.5 Å². The largest absolute Gasteiger partial charge is 0.490 e. The maximum atomic E-state index is 13.5. The topological polar surface area (TPSA) is 72.6 Å². The molecule has 0 fully saturated rings. The third-order valence-electron chi connectivity index (χ3n) is 5.29. The molecule has 0 aliphatic carbocycles. The van der Waals surface area contributed by atoms with Gasteiger partial charge in [0.15, 0.2) is 5.43 Å². The highest BCUT2D eigenvalue weighted by molar-refractivity contribution is 6.31. The van der Waals surface area contributed by atoms with E-state index in [0.29, 0.717) is 34.2 Å². The summed E-state index contributed by atoms with van der Waals surface area (Å²) in [6.45, 7) is 4.02. The van der Waals surface area contributed by atoms with E-state index in [2.05, 4.69) is 11.6 Å². The van der Waals surface area contributed by atoms with E-state index in [1.165, 1.54) is 4.90 Å². The summed E-state index contributed by atoms with van der Waals surface area (Å²) in [6, 6.07) is 16.6. The monoisotopic (exact) mass is 444 g/mol. The fraction of sp³-hybridized carbons (Fsp3) is 0.0800. The van der Waals surface area contributed by atoms with Crippen LogP contribution in [0.3, 0.4) is 0 Å². The number of ether oxygens (including phenoxy) is 1. The van der Waals surface area contributed by atoms with Gasteiger partial charge in [-0.25, -0.2) is 4.98 Å². The van der Waals surface area contributed by atoms with Crippen LogP contribution in [-0.4, -0.2) is 17.5 Å². The predicted octanol–water partition coefficient (Wildman–Crippen LogP) is 5.16. The Kier molecular flexibility index (Phi) is 4.99. The van der Waals surface area contributed by atoms with Crippen LogP contribution < -0.4 is 15.1 Å². The molecule has 6 nitrogen and oxygen atoms in total. The maximum Gasteiger partial charge on any atom is 0.296 e. The zero-order chi connectivity index (χ0) is 22.2. The summed E-state index contributed by atoms with van der Waals surface area (Å²) in [5.41, 5.74) is 0.992. The summed E-state index contributed by atoms with van der Waals surface area (Å²) >= 11 is 6.12. The molecule has 4 aromatic rings. The van der Waals surface area contributed by atoms with E-state index in [4.69, 9.17) is 20.8 Å². The number of rotatable bonds is 5. The molecule has 3 heterocycles. The first-order valence-electron chi connectivity index (χ1n) is 9.93. The van der Waals surface area contributed by atoms with Gasteiger partial charge in [-0.05, 0) is 48.0 Å². The molecule has 0 saturated carbocycles. The zero-order valence-corrected chi connectivity index (χ0v) is 17.6. The van der Waals surface area contributed by atoms with Crippen molar-refractivity contribution in [2.75, 3.05) is 11.5 Å². The van der Waals surface area contributed by atoms with Crippen LogP contribution in [0.1, 0.15) is 27.7 Å². The van der Waals surface area contributed by atoms with Crippen molar-refractivity contribution in [1.82, 2.24) is 4.98 Å². The van der Waals surface area contributed by atoms with Gasteiger partial charge in [0.2, 0.25) is 5.76 Å². The van der Waals surface area contributed by atoms with Crippen LogP contribution in [0, 0.1) is 0 Å². The second-order valence-corrected chi connectivity index (χ2v) is 7.69. The van der Waals surface area contributed by atoms with Crippen molar-refractivity contribution in [2.45, 2.75) is 6.04 Å². The van der Waals surface area contributed by atoms with Gasteiger partial charge in [0.25, 0.3) is 5.91 Å². The minimum atomic E-state index is -0.708. The predicted molar refractivity (Wildman–Crippen MR) is 123 cm³/mol. The first-order valence-corrected chi connectivity index (χ1v) is 10.3. The van der Waals surface area contributed by atoms with Crippen LogP contribution in [0.2, 0.25) is 5.02 Å². The Balaban J connectivity index is 1.73. The average molecular weight is 445 g/mol. The van der Waals surface area contributed by atoms with Crippen molar-refractivity contribution in [3.05, 3.63) is 112 Å². The zero-order valence-electron chi connectivity index (χ0n) is 16.8. The number of aromatic nitrogens is 1. The molecular weight excluding hydrogens is 428 g/mol.